The average Bonchev–Trinajstić information content (AvgIpc) is 2.96. The van der Waals surface area contributed by atoms with Crippen LogP contribution in [-0.2, 0) is 11.2 Å². The number of carbonyl (C=O) groups is 1. The van der Waals surface area contributed by atoms with Crippen LogP contribution in [-0.4, -0.2) is 37.0 Å². The normalized spacial score (nSPS) is 18.6. The van der Waals surface area contributed by atoms with Crippen LogP contribution in [0.2, 0.25) is 0 Å². The van der Waals surface area contributed by atoms with Crippen LogP contribution in [0.15, 0.2) is 42.5 Å². The van der Waals surface area contributed by atoms with Gasteiger partial charge in [0, 0.05) is 19.1 Å². The lowest BCUT2D eigenvalue weighted by molar-refractivity contribution is -0.129. The molecule has 1 aliphatic rings. The molecule has 1 N–H and O–H groups in total. The van der Waals surface area contributed by atoms with E-state index >= 15 is 0 Å². The molecular formula is C17H20N2O. The highest BCUT2D eigenvalue weighted by molar-refractivity contribution is 5.85. The van der Waals surface area contributed by atoms with E-state index in [1.807, 2.05) is 24.1 Å². The summed E-state index contributed by atoms with van der Waals surface area (Å²) in [4.78, 5) is 14.3. The van der Waals surface area contributed by atoms with Gasteiger partial charge < -0.3 is 10.2 Å². The first-order valence-corrected chi connectivity index (χ1v) is 7.19. The molecule has 104 valence electrons. The summed E-state index contributed by atoms with van der Waals surface area (Å²) in [5.41, 5.74) is 1.10. The summed E-state index contributed by atoms with van der Waals surface area (Å²) in [6, 6.07) is 15.0. The maximum absolute atomic E-state index is 12.3. The molecular weight excluding hydrogens is 248 g/mol. The Kier molecular flexibility index (Phi) is 3.70. The third kappa shape index (κ3) is 2.68. The number of hydrogen-bond donors (Lipinski definition) is 1. The second-order valence-corrected chi connectivity index (χ2v) is 5.47. The average molecular weight is 268 g/mol. The van der Waals surface area contributed by atoms with Crippen molar-refractivity contribution in [2.45, 2.75) is 18.9 Å². The lowest BCUT2D eigenvalue weighted by Crippen LogP contribution is -2.34. The molecule has 1 amide bonds. The molecule has 0 saturated carbocycles. The summed E-state index contributed by atoms with van der Waals surface area (Å²) in [6.07, 6.45) is 1.56. The maximum atomic E-state index is 12.3. The monoisotopic (exact) mass is 268 g/mol. The quantitative estimate of drug-likeness (QED) is 0.925. The Balaban J connectivity index is 1.71. The molecule has 0 bridgehead atoms. The largest absolute Gasteiger partial charge is 0.341 e. The van der Waals surface area contributed by atoms with Crippen molar-refractivity contribution in [2.75, 3.05) is 20.1 Å². The summed E-state index contributed by atoms with van der Waals surface area (Å²) < 4.78 is 0. The van der Waals surface area contributed by atoms with Gasteiger partial charge in [-0.3, -0.25) is 4.79 Å². The molecule has 2 aromatic rings. The second kappa shape index (κ2) is 5.63. The minimum absolute atomic E-state index is 0.234. The van der Waals surface area contributed by atoms with Crippen LogP contribution in [0, 0.1) is 0 Å². The lowest BCUT2D eigenvalue weighted by atomic mass is 10.0. The van der Waals surface area contributed by atoms with E-state index < -0.39 is 0 Å². The molecule has 0 radical (unpaired) electrons. The molecule has 3 nitrogen and oxygen atoms in total. The molecule has 20 heavy (non-hydrogen) atoms. The molecule has 3 heteroatoms. The molecule has 0 aromatic heterocycles. The van der Waals surface area contributed by atoms with Gasteiger partial charge in [0.05, 0.1) is 6.42 Å². The number of fused-ring (bicyclic) bond motifs is 1. The second-order valence-electron chi connectivity index (χ2n) is 5.47. The van der Waals surface area contributed by atoms with Crippen LogP contribution in [0.3, 0.4) is 0 Å². The fourth-order valence-electron chi connectivity index (χ4n) is 2.86. The Hall–Kier alpha value is -1.87. The van der Waals surface area contributed by atoms with Crippen molar-refractivity contribution >= 4 is 16.7 Å². The van der Waals surface area contributed by atoms with E-state index in [9.17, 15) is 4.79 Å². The number of likely N-dealkylation sites (N-methyl/N-ethyl adjacent to an activating group) is 1. The molecule has 1 aliphatic heterocycles. The first-order valence-electron chi connectivity index (χ1n) is 7.19. The van der Waals surface area contributed by atoms with Gasteiger partial charge in [0.2, 0.25) is 5.91 Å². The number of benzene rings is 2. The topological polar surface area (TPSA) is 32.3 Å². The van der Waals surface area contributed by atoms with E-state index in [1.165, 1.54) is 10.8 Å². The minimum Gasteiger partial charge on any atom is -0.341 e. The van der Waals surface area contributed by atoms with Crippen LogP contribution in [0.25, 0.3) is 10.8 Å². The van der Waals surface area contributed by atoms with Gasteiger partial charge in [-0.15, -0.1) is 0 Å². The maximum Gasteiger partial charge on any atom is 0.227 e. The highest BCUT2D eigenvalue weighted by Gasteiger charge is 2.24. The van der Waals surface area contributed by atoms with Crippen molar-refractivity contribution in [2.24, 2.45) is 0 Å². The smallest absolute Gasteiger partial charge is 0.227 e. The van der Waals surface area contributed by atoms with Crippen molar-refractivity contribution in [3.05, 3.63) is 48.0 Å². The van der Waals surface area contributed by atoms with Gasteiger partial charge in [-0.25, -0.2) is 0 Å². The van der Waals surface area contributed by atoms with Crippen molar-refractivity contribution in [3.8, 4) is 0 Å². The number of likely N-dealkylation sites (tertiary alicyclic amines) is 1. The zero-order valence-corrected chi connectivity index (χ0v) is 11.8. The summed E-state index contributed by atoms with van der Waals surface area (Å²) >= 11 is 0. The molecule has 0 aliphatic carbocycles. The number of amides is 1. The predicted octanol–water partition coefficient (Wildman–Crippen LogP) is 2.20. The highest BCUT2D eigenvalue weighted by Crippen LogP contribution is 2.17. The molecule has 1 atom stereocenters. The van der Waals surface area contributed by atoms with Gasteiger partial charge in [-0.1, -0.05) is 42.5 Å². The van der Waals surface area contributed by atoms with E-state index in [0.29, 0.717) is 12.5 Å². The first-order chi connectivity index (χ1) is 9.76. The van der Waals surface area contributed by atoms with Crippen molar-refractivity contribution in [3.63, 3.8) is 0 Å². The van der Waals surface area contributed by atoms with Crippen LogP contribution >= 0.6 is 0 Å². The van der Waals surface area contributed by atoms with Crippen molar-refractivity contribution in [1.29, 1.82) is 0 Å². The molecule has 3 rings (SSSR count). The van der Waals surface area contributed by atoms with E-state index in [4.69, 9.17) is 0 Å². The van der Waals surface area contributed by atoms with Crippen LogP contribution in [0.5, 0.6) is 0 Å². The zero-order chi connectivity index (χ0) is 13.9. The Bertz CT molecular complexity index is 623. The Morgan fingerprint density at radius 1 is 1.25 bits per heavy atom. The van der Waals surface area contributed by atoms with Crippen LogP contribution in [0.1, 0.15) is 12.0 Å². The van der Waals surface area contributed by atoms with Crippen LogP contribution in [0.4, 0.5) is 0 Å². The summed E-state index contributed by atoms with van der Waals surface area (Å²) in [5.74, 6) is 0.234. The highest BCUT2D eigenvalue weighted by atomic mass is 16.2. The zero-order valence-electron chi connectivity index (χ0n) is 11.8. The van der Waals surface area contributed by atoms with Gasteiger partial charge in [0.15, 0.2) is 0 Å². The molecule has 1 unspecified atom stereocenters. The van der Waals surface area contributed by atoms with E-state index in [2.05, 4.69) is 35.6 Å². The molecule has 1 fully saturated rings. The third-order valence-electron chi connectivity index (χ3n) is 4.12. The van der Waals surface area contributed by atoms with Gasteiger partial charge >= 0.3 is 0 Å². The molecule has 1 saturated heterocycles. The number of nitrogens with one attached hydrogen (secondary N) is 1. The fourth-order valence-corrected chi connectivity index (χ4v) is 2.86. The third-order valence-corrected chi connectivity index (χ3v) is 4.12. The number of rotatable bonds is 3. The minimum atomic E-state index is 0.234. The van der Waals surface area contributed by atoms with Gasteiger partial charge in [-0.2, -0.15) is 0 Å². The number of carbonyl (C=O) groups excluding carboxylic acids is 1. The van der Waals surface area contributed by atoms with Gasteiger partial charge in [-0.05, 0) is 29.8 Å². The predicted molar refractivity (Wildman–Crippen MR) is 81.7 cm³/mol. The van der Waals surface area contributed by atoms with Crippen molar-refractivity contribution in [1.82, 2.24) is 10.2 Å². The Morgan fingerprint density at radius 2 is 2.05 bits per heavy atom. The van der Waals surface area contributed by atoms with E-state index in [0.717, 1.165) is 25.1 Å². The molecule has 1 heterocycles. The van der Waals surface area contributed by atoms with E-state index in [-0.39, 0.29) is 5.91 Å². The SMILES string of the molecule is CNC1CCN(C(=O)Cc2ccc3ccccc3c2)C1. The molecule has 2 aromatic carbocycles. The Morgan fingerprint density at radius 3 is 2.80 bits per heavy atom. The van der Waals surface area contributed by atoms with Gasteiger partial charge in [0.25, 0.3) is 0 Å². The number of hydrogen-bond acceptors (Lipinski definition) is 2. The Labute approximate surface area is 119 Å². The lowest BCUT2D eigenvalue weighted by Gasteiger charge is -2.16. The molecule has 0 spiro atoms. The summed E-state index contributed by atoms with van der Waals surface area (Å²) in [6.45, 7) is 1.71. The van der Waals surface area contributed by atoms with E-state index in [1.54, 1.807) is 0 Å². The van der Waals surface area contributed by atoms with Crippen LogP contribution < -0.4 is 5.32 Å². The summed E-state index contributed by atoms with van der Waals surface area (Å²) in [5, 5.41) is 5.67. The summed E-state index contributed by atoms with van der Waals surface area (Å²) in [7, 11) is 1.96. The van der Waals surface area contributed by atoms with Crippen molar-refractivity contribution < 1.29 is 4.79 Å². The standard InChI is InChI=1S/C17H20N2O/c1-18-16-8-9-19(12-16)17(20)11-13-6-7-14-4-2-3-5-15(14)10-13/h2-7,10,16,18H,8-9,11-12H2,1H3. The fraction of sp³-hybridized carbons (Fsp3) is 0.353. The number of nitrogens with zero attached hydrogens (tertiary/aromatic N) is 1. The van der Waals surface area contributed by atoms with Gasteiger partial charge in [0.1, 0.15) is 0 Å². The first kappa shape index (κ1) is 13.1.